The Bertz CT molecular complexity index is 495. The monoisotopic (exact) mass is 310 g/mol. The molecule has 17 heavy (non-hydrogen) atoms. The summed E-state index contributed by atoms with van der Waals surface area (Å²) in [6, 6.07) is 13.9. The Morgan fingerprint density at radius 3 is 1.71 bits per heavy atom. The maximum absolute atomic E-state index is 10.4. The average molecular weight is 310 g/mol. The minimum Gasteiger partial charge on any atom is -0.748 e. The van der Waals surface area contributed by atoms with Crippen molar-refractivity contribution in [3.05, 3.63) is 48.5 Å². The Balaban J connectivity index is 0.000000360. The van der Waals surface area contributed by atoms with Gasteiger partial charge in [0, 0.05) is 17.1 Å². The van der Waals surface area contributed by atoms with E-state index in [1.54, 1.807) is 0 Å². The summed E-state index contributed by atoms with van der Waals surface area (Å²) in [7, 11) is -5.59. The minimum atomic E-state index is -2.80. The molecule has 0 aliphatic heterocycles. The second-order valence-corrected chi connectivity index (χ2v) is 4.76. The van der Waals surface area contributed by atoms with Crippen molar-refractivity contribution in [2.45, 2.75) is 0 Å². The Kier molecular flexibility index (Phi) is 7.69. The zero-order chi connectivity index (χ0) is 12.0. The largest absolute Gasteiger partial charge is 0.748 e. The van der Waals surface area contributed by atoms with E-state index in [4.69, 9.17) is 0 Å². The van der Waals surface area contributed by atoms with E-state index < -0.39 is 15.4 Å². The summed E-state index contributed by atoms with van der Waals surface area (Å²) >= 11 is 0. The van der Waals surface area contributed by atoms with Crippen LogP contribution < -0.4 is 10.6 Å². The third kappa shape index (κ3) is 5.25. The van der Waals surface area contributed by atoms with Crippen molar-refractivity contribution in [1.82, 2.24) is 0 Å². The quantitative estimate of drug-likeness (QED) is 0.485. The molecule has 4 nitrogen and oxygen atoms in total. The van der Waals surface area contributed by atoms with Crippen molar-refractivity contribution in [3.8, 4) is 0 Å². The maximum Gasteiger partial charge on any atom is 0.324 e. The van der Waals surface area contributed by atoms with E-state index in [0.717, 1.165) is 0 Å². The summed E-state index contributed by atoms with van der Waals surface area (Å²) in [6.45, 7) is 0. The molecular weight excluding hydrogens is 302 g/mol. The van der Waals surface area contributed by atoms with Crippen molar-refractivity contribution in [1.29, 1.82) is 0 Å². The second kappa shape index (κ2) is 8.16. The summed E-state index contributed by atoms with van der Waals surface area (Å²) in [5, 5.41) is -0.257. The van der Waals surface area contributed by atoms with Gasteiger partial charge in [-0.1, -0.05) is 0 Å². The molecule has 0 unspecified atom stereocenters. The predicted molar refractivity (Wildman–Crippen MR) is 59.9 cm³/mol. The number of rotatable bonds is 2. The van der Waals surface area contributed by atoms with E-state index in [9.17, 15) is 18.3 Å². The third-order valence-electron chi connectivity index (χ3n) is 1.72. The Morgan fingerprint density at radius 1 is 0.941 bits per heavy atom. The van der Waals surface area contributed by atoms with Gasteiger partial charge in [0.1, 0.15) is 0 Å². The summed E-state index contributed by atoms with van der Waals surface area (Å²) < 4.78 is 41.4. The van der Waals surface area contributed by atoms with Crippen LogP contribution in [0.4, 0.5) is 0 Å². The van der Waals surface area contributed by atoms with Crippen molar-refractivity contribution < 1.29 is 35.3 Å². The number of hydrogen-bond donors (Lipinski definition) is 0. The first-order valence-corrected chi connectivity index (χ1v) is 6.69. The molecule has 0 atom stereocenters. The van der Waals surface area contributed by atoms with Crippen LogP contribution in [0.25, 0.3) is 0 Å². The molecule has 0 saturated carbocycles. The van der Waals surface area contributed by atoms with Crippen LogP contribution in [0.5, 0.6) is 0 Å². The van der Waals surface area contributed by atoms with Crippen molar-refractivity contribution in [2.24, 2.45) is 0 Å². The molecule has 2 aromatic rings. The van der Waals surface area contributed by atoms with Gasteiger partial charge in [0.05, 0.1) is 0 Å². The van der Waals surface area contributed by atoms with Gasteiger partial charge in [-0.2, -0.15) is 12.1 Å². The van der Waals surface area contributed by atoms with Crippen LogP contribution in [0, 0.1) is 0 Å². The smallest absolute Gasteiger partial charge is 0.324 e. The summed E-state index contributed by atoms with van der Waals surface area (Å²) in [6.07, 6.45) is 0. The fourth-order valence-corrected chi connectivity index (χ4v) is 2.46. The molecule has 0 heterocycles. The molecule has 0 aliphatic carbocycles. The minimum absolute atomic E-state index is 0. The van der Waals surface area contributed by atoms with Crippen LogP contribution >= 0.6 is 15.4 Å². The maximum atomic E-state index is 10.4. The number of hydrogen-bond acceptors (Lipinski definition) is 4. The van der Waals surface area contributed by atoms with E-state index in [2.05, 4.69) is 0 Å². The Labute approximate surface area is 110 Å². The van der Waals surface area contributed by atoms with Gasteiger partial charge in [-0.25, -0.2) is 24.3 Å². The Morgan fingerprint density at radius 2 is 1.41 bits per heavy atom. The molecule has 0 amide bonds. The topological polar surface area (TPSA) is 68.3 Å². The second-order valence-electron chi connectivity index (χ2n) is 2.77. The summed E-state index contributed by atoms with van der Waals surface area (Å²) in [4.78, 5) is 0. The molecule has 96 valence electrons. The molecule has 2 aromatic carbocycles. The zero-order valence-corrected chi connectivity index (χ0v) is 11.4. The van der Waals surface area contributed by atoms with Gasteiger partial charge in [0.2, 0.25) is 0 Å². The fourth-order valence-electron chi connectivity index (χ4n) is 1.03. The normalized spacial score (nSPS) is 8.47. The van der Waals surface area contributed by atoms with E-state index in [-0.39, 0.29) is 27.7 Å². The van der Waals surface area contributed by atoms with E-state index in [0.29, 0.717) is 0 Å². The fraction of sp³-hybridized carbons (Fsp3) is 0. The first-order chi connectivity index (χ1) is 7.63. The van der Waals surface area contributed by atoms with Gasteiger partial charge in [0.15, 0.2) is 0 Å². The van der Waals surface area contributed by atoms with E-state index in [1.165, 1.54) is 18.2 Å². The molecule has 0 fully saturated rings. The third-order valence-corrected chi connectivity index (χ3v) is 3.46. The van der Waals surface area contributed by atoms with Crippen LogP contribution in [0.1, 0.15) is 0 Å². The molecule has 0 aliphatic rings. The molecular formula is C10H8FeO4P2-6. The molecule has 0 bridgehead atoms. The van der Waals surface area contributed by atoms with Crippen LogP contribution in [0.15, 0.2) is 48.5 Å². The van der Waals surface area contributed by atoms with E-state index >= 15 is 0 Å². The zero-order valence-electron chi connectivity index (χ0n) is 8.50. The van der Waals surface area contributed by atoms with Crippen molar-refractivity contribution in [3.63, 3.8) is 0 Å². The van der Waals surface area contributed by atoms with Crippen LogP contribution in [0.3, 0.4) is 0 Å². The first kappa shape index (κ1) is 16.0. The van der Waals surface area contributed by atoms with Crippen molar-refractivity contribution in [2.75, 3.05) is 0 Å². The van der Waals surface area contributed by atoms with Crippen molar-refractivity contribution >= 4 is 26.0 Å². The molecule has 0 N–H and O–H groups in total. The van der Waals surface area contributed by atoms with Gasteiger partial charge < -0.3 is 30.3 Å². The molecule has 0 spiro atoms. The van der Waals surface area contributed by atoms with Gasteiger partial charge >= 0.3 is 7.68 Å². The summed E-state index contributed by atoms with van der Waals surface area (Å²) in [5.41, 5.74) is 0. The van der Waals surface area contributed by atoms with Gasteiger partial charge in [-0.15, -0.1) is 0 Å². The van der Waals surface area contributed by atoms with Gasteiger partial charge in [-0.05, 0) is 10.6 Å². The molecule has 2 rings (SSSR count). The predicted octanol–water partition coefficient (Wildman–Crippen LogP) is 2.40. The molecule has 0 aromatic heterocycles. The van der Waals surface area contributed by atoms with Gasteiger partial charge in [-0.3, -0.25) is 0 Å². The standard InChI is InChI=1S/C5H3O4P2.C5H5.Fe/c6-10(7)4-2-1-3-5(4)11(8)9;1-2-4-5-3-1;/h1-3H;1-5H;/q-1;-5;. The van der Waals surface area contributed by atoms with Crippen LogP contribution in [-0.4, -0.2) is 0 Å². The summed E-state index contributed by atoms with van der Waals surface area (Å²) in [5.74, 6) is 0. The van der Waals surface area contributed by atoms with E-state index in [1.807, 2.05) is 30.3 Å². The molecule has 0 radical (unpaired) electrons. The molecule has 0 saturated heterocycles. The average Bonchev–Trinajstić information content (AvgIpc) is 2.92. The SMILES string of the molecule is O=P(=O)c1ccc[c-]1P(=O)=O.[Fe].[cH-]1[cH-][cH-][cH-][cH-]1. The molecule has 7 heteroatoms. The van der Waals surface area contributed by atoms with Crippen LogP contribution in [-0.2, 0) is 35.3 Å². The Hall–Kier alpha value is -0.981. The van der Waals surface area contributed by atoms with Crippen LogP contribution in [0.2, 0.25) is 0 Å². The van der Waals surface area contributed by atoms with Gasteiger partial charge in [0.25, 0.3) is 7.68 Å². The first-order valence-electron chi connectivity index (χ1n) is 4.34.